The van der Waals surface area contributed by atoms with Crippen LogP contribution < -0.4 is 14.8 Å². The molecule has 1 amide bonds. The lowest BCUT2D eigenvalue weighted by Crippen LogP contribution is -2.47. The molecule has 0 bridgehead atoms. The fourth-order valence-corrected chi connectivity index (χ4v) is 3.77. The van der Waals surface area contributed by atoms with Gasteiger partial charge in [-0.05, 0) is 24.3 Å². The fourth-order valence-electron chi connectivity index (χ4n) is 3.77. The number of carbonyl (C=O) groups is 1. The number of nitrogens with zero attached hydrogens (tertiary/aromatic N) is 3. The summed E-state index contributed by atoms with van der Waals surface area (Å²) < 4.78 is 49.6. The molecule has 1 aliphatic heterocycles. The van der Waals surface area contributed by atoms with E-state index < -0.39 is 12.1 Å². The second-order valence-electron chi connectivity index (χ2n) is 7.70. The third kappa shape index (κ3) is 4.98. The first kappa shape index (κ1) is 23.2. The third-order valence-electron chi connectivity index (χ3n) is 5.48. The number of rotatable bonds is 5. The largest absolute Gasteiger partial charge is 0.493 e. The highest BCUT2D eigenvalue weighted by molar-refractivity contribution is 5.93. The van der Waals surface area contributed by atoms with Gasteiger partial charge >= 0.3 is 12.1 Å². The number of carbonyl (C=O) groups excluding carboxylic acids is 1. The van der Waals surface area contributed by atoms with Crippen LogP contribution in [0.4, 0.5) is 24.7 Å². The van der Waals surface area contributed by atoms with Gasteiger partial charge in [-0.15, -0.1) is 6.42 Å². The van der Waals surface area contributed by atoms with Crippen molar-refractivity contribution in [2.24, 2.45) is 0 Å². The van der Waals surface area contributed by atoms with E-state index in [9.17, 15) is 18.0 Å². The van der Waals surface area contributed by atoms with E-state index in [-0.39, 0.29) is 32.0 Å². The molecule has 176 valence electrons. The minimum absolute atomic E-state index is 0.0413. The van der Waals surface area contributed by atoms with Crippen LogP contribution in [0.5, 0.6) is 11.5 Å². The number of alkyl halides is 3. The number of hydrogen-bond donors (Lipinski definition) is 1. The Morgan fingerprint density at radius 2 is 1.94 bits per heavy atom. The molecule has 1 aliphatic rings. The molecule has 1 saturated heterocycles. The summed E-state index contributed by atoms with van der Waals surface area (Å²) in [6.45, 7) is -0.0827. The van der Waals surface area contributed by atoms with Crippen molar-refractivity contribution in [3.63, 3.8) is 0 Å². The van der Waals surface area contributed by atoms with Gasteiger partial charge in [-0.2, -0.15) is 13.2 Å². The molecule has 10 heteroatoms. The van der Waals surface area contributed by atoms with Crippen molar-refractivity contribution in [3.8, 4) is 23.8 Å². The van der Waals surface area contributed by atoms with Gasteiger partial charge in [0.05, 0.1) is 12.6 Å². The first-order chi connectivity index (χ1) is 16.3. The van der Waals surface area contributed by atoms with Crippen molar-refractivity contribution in [1.82, 2.24) is 14.9 Å². The molecule has 2 aromatic carbocycles. The predicted molar refractivity (Wildman–Crippen MR) is 120 cm³/mol. The Hall–Kier alpha value is -4.00. The Kier molecular flexibility index (Phi) is 6.45. The number of piperidine rings is 1. The number of hydrogen-bond acceptors (Lipinski definition) is 6. The van der Waals surface area contributed by atoms with E-state index in [1.165, 1.54) is 13.4 Å². The molecule has 7 nitrogen and oxygen atoms in total. The number of methoxy groups -OCH3 is 1. The van der Waals surface area contributed by atoms with Crippen molar-refractivity contribution in [3.05, 3.63) is 48.3 Å². The lowest BCUT2D eigenvalue weighted by molar-refractivity contribution is -0.187. The van der Waals surface area contributed by atoms with Crippen molar-refractivity contribution < 1.29 is 27.4 Å². The van der Waals surface area contributed by atoms with Crippen LogP contribution in [0.3, 0.4) is 0 Å². The second kappa shape index (κ2) is 9.47. The lowest BCUT2D eigenvalue weighted by Gasteiger charge is -2.32. The molecule has 0 saturated carbocycles. The highest BCUT2D eigenvalue weighted by Gasteiger charge is 2.43. The van der Waals surface area contributed by atoms with Gasteiger partial charge in [-0.25, -0.2) is 9.97 Å². The number of nitrogens with one attached hydrogen (secondary N) is 1. The smallest absolute Gasteiger partial charge is 0.471 e. The average molecular weight is 470 g/mol. The predicted octanol–water partition coefficient (Wildman–Crippen LogP) is 4.30. The van der Waals surface area contributed by atoms with E-state index in [1.807, 2.05) is 24.3 Å². The summed E-state index contributed by atoms with van der Waals surface area (Å²) in [5.41, 5.74) is 2.07. The molecular weight excluding hydrogens is 449 g/mol. The molecule has 0 radical (unpaired) electrons. The van der Waals surface area contributed by atoms with Crippen LogP contribution in [-0.2, 0) is 4.79 Å². The highest BCUT2D eigenvalue weighted by Crippen LogP contribution is 2.36. The number of anilines is 2. The van der Waals surface area contributed by atoms with Crippen molar-refractivity contribution in [1.29, 1.82) is 0 Å². The maximum Gasteiger partial charge on any atom is 0.471 e. The van der Waals surface area contributed by atoms with E-state index in [4.69, 9.17) is 15.9 Å². The van der Waals surface area contributed by atoms with Crippen LogP contribution in [0.1, 0.15) is 18.4 Å². The summed E-state index contributed by atoms with van der Waals surface area (Å²) in [6, 6.07) is 10.7. The number of benzene rings is 2. The highest BCUT2D eigenvalue weighted by atomic mass is 19.4. The first-order valence-corrected chi connectivity index (χ1v) is 10.5. The Labute approximate surface area is 193 Å². The molecule has 4 rings (SSSR count). The quantitative estimate of drug-likeness (QED) is 0.561. The molecule has 0 aliphatic carbocycles. The molecule has 0 unspecified atom stereocenters. The molecule has 0 spiro atoms. The van der Waals surface area contributed by atoms with Gasteiger partial charge in [-0.1, -0.05) is 12.0 Å². The SMILES string of the molecule is C#Cc1cccc(Nc2ncnc3cc(OC)c(OC4CCN(C(=O)C(F)(F)F)CC4)cc23)c1. The Balaban J connectivity index is 1.56. The van der Waals surface area contributed by atoms with Crippen molar-refractivity contribution in [2.75, 3.05) is 25.5 Å². The Morgan fingerprint density at radius 3 is 2.62 bits per heavy atom. The van der Waals surface area contributed by atoms with E-state index in [1.54, 1.807) is 12.1 Å². The number of amides is 1. The number of likely N-dealkylation sites (tertiary alicyclic amines) is 1. The lowest BCUT2D eigenvalue weighted by atomic mass is 10.1. The molecule has 0 atom stereocenters. The number of halogens is 3. The van der Waals surface area contributed by atoms with E-state index in [0.29, 0.717) is 33.8 Å². The van der Waals surface area contributed by atoms with Crippen LogP contribution in [-0.4, -0.2) is 53.3 Å². The van der Waals surface area contributed by atoms with Crippen molar-refractivity contribution >= 4 is 28.3 Å². The van der Waals surface area contributed by atoms with Crippen LogP contribution in [0.2, 0.25) is 0 Å². The minimum Gasteiger partial charge on any atom is -0.493 e. The van der Waals surface area contributed by atoms with Gasteiger partial charge in [0.1, 0.15) is 18.2 Å². The molecule has 1 N–H and O–H groups in total. The Bertz CT molecular complexity index is 1250. The van der Waals surface area contributed by atoms with Crippen LogP contribution in [0.25, 0.3) is 10.9 Å². The number of terminal acetylenes is 1. The summed E-state index contributed by atoms with van der Waals surface area (Å²) in [6.07, 6.45) is 2.17. The fraction of sp³-hybridized carbons (Fsp3) is 0.292. The molecule has 3 aromatic rings. The Morgan fingerprint density at radius 1 is 1.18 bits per heavy atom. The molecule has 1 fully saturated rings. The van der Waals surface area contributed by atoms with Gasteiger partial charge in [0.2, 0.25) is 0 Å². The summed E-state index contributed by atoms with van der Waals surface area (Å²) in [7, 11) is 1.49. The topological polar surface area (TPSA) is 76.6 Å². The van der Waals surface area contributed by atoms with Gasteiger partial charge < -0.3 is 19.7 Å². The monoisotopic (exact) mass is 470 g/mol. The maximum absolute atomic E-state index is 12.7. The van der Waals surface area contributed by atoms with Crippen LogP contribution in [0.15, 0.2) is 42.7 Å². The number of fused-ring (bicyclic) bond motifs is 1. The minimum atomic E-state index is -4.88. The van der Waals surface area contributed by atoms with E-state index in [0.717, 1.165) is 10.6 Å². The number of ether oxygens (including phenoxy) is 2. The van der Waals surface area contributed by atoms with Gasteiger partial charge in [-0.3, -0.25) is 4.79 Å². The van der Waals surface area contributed by atoms with Gasteiger partial charge in [0, 0.05) is 48.6 Å². The average Bonchev–Trinajstić information content (AvgIpc) is 2.83. The van der Waals surface area contributed by atoms with Gasteiger partial charge in [0.15, 0.2) is 11.5 Å². The summed E-state index contributed by atoms with van der Waals surface area (Å²) >= 11 is 0. The van der Waals surface area contributed by atoms with Crippen LogP contribution >= 0.6 is 0 Å². The molecule has 1 aromatic heterocycles. The molecule has 34 heavy (non-hydrogen) atoms. The first-order valence-electron chi connectivity index (χ1n) is 10.5. The summed E-state index contributed by atoms with van der Waals surface area (Å²) in [5, 5.41) is 3.89. The van der Waals surface area contributed by atoms with Gasteiger partial charge in [0.25, 0.3) is 0 Å². The maximum atomic E-state index is 12.7. The molecule has 2 heterocycles. The zero-order chi connectivity index (χ0) is 24.3. The normalized spacial score (nSPS) is 14.5. The second-order valence-corrected chi connectivity index (χ2v) is 7.70. The zero-order valence-electron chi connectivity index (χ0n) is 18.2. The molecular formula is C24H21F3N4O3. The van der Waals surface area contributed by atoms with Crippen molar-refractivity contribution in [2.45, 2.75) is 25.1 Å². The summed E-state index contributed by atoms with van der Waals surface area (Å²) in [5.74, 6) is 2.12. The standard InChI is InChI=1S/C24H21F3N4O3/c1-3-15-5-4-6-16(11-15)30-22-18-12-21(20(33-2)13-19(18)28-14-29-22)34-17-7-9-31(10-8-17)23(32)24(25,26)27/h1,4-6,11-14,17H,7-10H2,2H3,(H,28,29,30). The zero-order valence-corrected chi connectivity index (χ0v) is 18.2. The third-order valence-corrected chi connectivity index (χ3v) is 5.48. The van der Waals surface area contributed by atoms with E-state index in [2.05, 4.69) is 21.2 Å². The van der Waals surface area contributed by atoms with Crippen LogP contribution in [0, 0.1) is 12.3 Å². The summed E-state index contributed by atoms with van der Waals surface area (Å²) in [4.78, 5) is 20.9. The number of aromatic nitrogens is 2. The van der Waals surface area contributed by atoms with E-state index >= 15 is 0 Å².